The Hall–Kier alpha value is -4.89. The minimum absolute atomic E-state index is 0.145. The van der Waals surface area contributed by atoms with Gasteiger partial charge in [0.15, 0.2) is 6.61 Å². The molecule has 0 aliphatic carbocycles. The van der Waals surface area contributed by atoms with Crippen LogP contribution in [0.25, 0.3) is 11.0 Å². The number of ether oxygens (including phenoxy) is 2. The number of benzene rings is 3. The largest absolute Gasteiger partial charge is 0.482 e. The fourth-order valence-corrected chi connectivity index (χ4v) is 5.17. The number of aliphatic hydroxyl groups is 1. The molecule has 9 nitrogen and oxygen atoms in total. The number of aromatic nitrogens is 1. The number of furan rings is 1. The number of carbonyl (C=O) groups excluding carboxylic acids is 2. The summed E-state index contributed by atoms with van der Waals surface area (Å²) in [5.74, 6) is 0.861. The molecule has 0 aliphatic rings. The van der Waals surface area contributed by atoms with Gasteiger partial charge in [-0.05, 0) is 80.3 Å². The van der Waals surface area contributed by atoms with E-state index in [2.05, 4.69) is 10.5 Å². The first-order valence-electron chi connectivity index (χ1n) is 14.1. The van der Waals surface area contributed by atoms with Crippen molar-refractivity contribution >= 4 is 22.8 Å². The molecule has 0 radical (unpaired) electrons. The molecular weight excluding hydrogens is 548 g/mol. The fraction of sp³-hybridized carbons (Fsp3) is 0.265. The third-order valence-corrected chi connectivity index (χ3v) is 7.25. The van der Waals surface area contributed by atoms with Crippen molar-refractivity contribution in [1.82, 2.24) is 10.5 Å². The third-order valence-electron chi connectivity index (χ3n) is 7.25. The van der Waals surface area contributed by atoms with Crippen LogP contribution in [0, 0.1) is 20.8 Å². The number of rotatable bonds is 11. The zero-order chi connectivity index (χ0) is 30.5. The number of hydrogen-bond donors (Lipinski definition) is 2. The molecule has 0 saturated heterocycles. The SMILES string of the molecule is CCOC(=O)COc1ccc(C(NC(=O)Cc2ccc3oc(C(O)c4c(C)noc4C)cc3c2)c2ccccc2)c(C)c1. The van der Waals surface area contributed by atoms with Crippen molar-refractivity contribution in [2.45, 2.75) is 46.3 Å². The molecule has 2 unspecified atom stereocenters. The summed E-state index contributed by atoms with van der Waals surface area (Å²) in [7, 11) is 0. The fourth-order valence-electron chi connectivity index (χ4n) is 5.17. The van der Waals surface area contributed by atoms with E-state index in [0.29, 0.717) is 40.7 Å². The van der Waals surface area contributed by atoms with Gasteiger partial charge in [0.25, 0.3) is 0 Å². The topological polar surface area (TPSA) is 124 Å². The maximum absolute atomic E-state index is 13.4. The predicted octanol–water partition coefficient (Wildman–Crippen LogP) is 5.82. The molecule has 0 aliphatic heterocycles. The number of carbonyl (C=O) groups is 2. The van der Waals surface area contributed by atoms with Crippen molar-refractivity contribution in [3.8, 4) is 5.75 Å². The van der Waals surface area contributed by atoms with Crippen molar-refractivity contribution in [1.29, 1.82) is 0 Å². The average molecular weight is 583 g/mol. The van der Waals surface area contributed by atoms with Gasteiger partial charge in [0.2, 0.25) is 5.91 Å². The number of hydrogen-bond acceptors (Lipinski definition) is 8. The predicted molar refractivity (Wildman–Crippen MR) is 160 cm³/mol. The highest BCUT2D eigenvalue weighted by Gasteiger charge is 2.24. The van der Waals surface area contributed by atoms with Crippen LogP contribution >= 0.6 is 0 Å². The van der Waals surface area contributed by atoms with E-state index in [0.717, 1.165) is 27.6 Å². The van der Waals surface area contributed by atoms with E-state index in [1.165, 1.54) is 0 Å². The van der Waals surface area contributed by atoms with Crippen LogP contribution in [0.4, 0.5) is 0 Å². The monoisotopic (exact) mass is 582 g/mol. The normalized spacial score (nSPS) is 12.6. The Morgan fingerprint density at radius 3 is 2.49 bits per heavy atom. The molecule has 222 valence electrons. The second-order valence-corrected chi connectivity index (χ2v) is 10.4. The van der Waals surface area contributed by atoms with Crippen molar-refractivity contribution < 1.29 is 33.1 Å². The van der Waals surface area contributed by atoms with Gasteiger partial charge in [-0.1, -0.05) is 47.6 Å². The van der Waals surface area contributed by atoms with Gasteiger partial charge in [-0.25, -0.2) is 4.79 Å². The Bertz CT molecular complexity index is 1720. The number of fused-ring (bicyclic) bond motifs is 1. The summed E-state index contributed by atoms with van der Waals surface area (Å²) in [4.78, 5) is 25.1. The Morgan fingerprint density at radius 1 is 1.00 bits per heavy atom. The van der Waals surface area contributed by atoms with E-state index < -0.39 is 18.1 Å². The second kappa shape index (κ2) is 13.0. The number of amides is 1. The Labute approximate surface area is 249 Å². The van der Waals surface area contributed by atoms with Crippen LogP contribution in [0.2, 0.25) is 0 Å². The molecule has 0 bridgehead atoms. The van der Waals surface area contributed by atoms with Crippen molar-refractivity contribution in [3.63, 3.8) is 0 Å². The number of esters is 1. The number of nitrogens with one attached hydrogen (secondary N) is 1. The van der Waals surface area contributed by atoms with Crippen LogP contribution in [0.1, 0.15) is 64.1 Å². The number of nitrogens with zero attached hydrogens (tertiary/aromatic N) is 1. The molecule has 2 atom stereocenters. The van der Waals surface area contributed by atoms with E-state index in [4.69, 9.17) is 18.4 Å². The maximum atomic E-state index is 13.4. The van der Waals surface area contributed by atoms with Gasteiger partial charge in [0.05, 0.1) is 30.3 Å². The van der Waals surface area contributed by atoms with Crippen LogP contribution < -0.4 is 10.1 Å². The summed E-state index contributed by atoms with van der Waals surface area (Å²) in [6.45, 7) is 7.32. The summed E-state index contributed by atoms with van der Waals surface area (Å²) in [6, 6.07) is 22.2. The molecule has 2 aromatic heterocycles. The molecule has 3 aromatic carbocycles. The smallest absolute Gasteiger partial charge is 0.344 e. The molecule has 2 heterocycles. The van der Waals surface area contributed by atoms with E-state index in [1.807, 2.05) is 61.5 Å². The van der Waals surface area contributed by atoms with Crippen LogP contribution in [0.5, 0.6) is 5.75 Å². The van der Waals surface area contributed by atoms with Crippen LogP contribution in [0.15, 0.2) is 81.7 Å². The van der Waals surface area contributed by atoms with Gasteiger partial charge in [-0.3, -0.25) is 4.79 Å². The number of aliphatic hydroxyl groups excluding tert-OH is 1. The molecule has 9 heteroatoms. The minimum Gasteiger partial charge on any atom is -0.482 e. The zero-order valence-corrected chi connectivity index (χ0v) is 24.5. The Balaban J connectivity index is 1.33. The summed E-state index contributed by atoms with van der Waals surface area (Å²) in [6.07, 6.45) is -0.867. The highest BCUT2D eigenvalue weighted by atomic mass is 16.6. The highest BCUT2D eigenvalue weighted by Crippen LogP contribution is 2.32. The lowest BCUT2D eigenvalue weighted by Crippen LogP contribution is -2.31. The molecule has 5 rings (SSSR count). The Morgan fingerprint density at radius 2 is 1.79 bits per heavy atom. The highest BCUT2D eigenvalue weighted by molar-refractivity contribution is 5.83. The van der Waals surface area contributed by atoms with Gasteiger partial charge in [0, 0.05) is 5.39 Å². The summed E-state index contributed by atoms with van der Waals surface area (Å²) >= 11 is 0. The molecule has 43 heavy (non-hydrogen) atoms. The minimum atomic E-state index is -1.01. The molecule has 0 spiro atoms. The number of aryl methyl sites for hydroxylation is 3. The summed E-state index contributed by atoms with van der Waals surface area (Å²) < 4.78 is 21.6. The van der Waals surface area contributed by atoms with Gasteiger partial charge in [0.1, 0.15) is 29.0 Å². The van der Waals surface area contributed by atoms with Gasteiger partial charge >= 0.3 is 5.97 Å². The lowest BCUT2D eigenvalue weighted by atomic mass is 9.94. The zero-order valence-electron chi connectivity index (χ0n) is 24.5. The third kappa shape index (κ3) is 6.79. The van der Waals surface area contributed by atoms with Crippen LogP contribution in [0.3, 0.4) is 0 Å². The Kier molecular flexibility index (Phi) is 8.92. The van der Waals surface area contributed by atoms with Crippen molar-refractivity contribution in [2.75, 3.05) is 13.2 Å². The van der Waals surface area contributed by atoms with Crippen LogP contribution in [-0.4, -0.2) is 35.4 Å². The van der Waals surface area contributed by atoms with E-state index >= 15 is 0 Å². The molecular formula is C34H34N2O7. The first kappa shape index (κ1) is 29.6. The van der Waals surface area contributed by atoms with Gasteiger partial charge < -0.3 is 28.8 Å². The first-order valence-corrected chi connectivity index (χ1v) is 14.1. The molecule has 5 aromatic rings. The van der Waals surface area contributed by atoms with Crippen molar-refractivity contribution in [3.05, 3.63) is 118 Å². The standard InChI is InChI=1S/C34H34N2O7/c1-5-40-31(38)19-41-26-12-13-27(20(2)15-26)33(24-9-7-6-8-10-24)35-30(37)17-23-11-14-28-25(16-23)18-29(42-28)34(39)32-21(3)36-43-22(32)4/h6-16,18,33-34,39H,5,17,19H2,1-4H3,(H,35,37). The van der Waals surface area contributed by atoms with Gasteiger partial charge in [-0.2, -0.15) is 0 Å². The van der Waals surface area contributed by atoms with Crippen LogP contribution in [-0.2, 0) is 20.7 Å². The van der Waals surface area contributed by atoms with E-state index in [1.54, 1.807) is 39.0 Å². The maximum Gasteiger partial charge on any atom is 0.344 e. The van der Waals surface area contributed by atoms with Gasteiger partial charge in [-0.15, -0.1) is 0 Å². The van der Waals surface area contributed by atoms with Crippen molar-refractivity contribution in [2.24, 2.45) is 0 Å². The molecule has 0 fully saturated rings. The quantitative estimate of drug-likeness (QED) is 0.187. The first-order chi connectivity index (χ1) is 20.7. The lowest BCUT2D eigenvalue weighted by molar-refractivity contribution is -0.145. The summed E-state index contributed by atoms with van der Waals surface area (Å²) in [5, 5.41) is 18.8. The molecule has 1 amide bonds. The second-order valence-electron chi connectivity index (χ2n) is 10.4. The molecule has 0 saturated carbocycles. The van der Waals surface area contributed by atoms with E-state index in [9.17, 15) is 14.7 Å². The molecule has 2 N–H and O–H groups in total. The lowest BCUT2D eigenvalue weighted by Gasteiger charge is -2.22. The average Bonchev–Trinajstić information content (AvgIpc) is 3.57. The summed E-state index contributed by atoms with van der Waals surface area (Å²) in [5.41, 5.74) is 5.33. The van der Waals surface area contributed by atoms with E-state index in [-0.39, 0.29) is 18.9 Å².